The number of carbonyl (C=O) groups is 1. The number of rotatable bonds is 9. The predicted octanol–water partition coefficient (Wildman–Crippen LogP) is 0.0629. The molecule has 0 aromatic heterocycles. The van der Waals surface area contributed by atoms with Crippen molar-refractivity contribution in [3.8, 4) is 0 Å². The van der Waals surface area contributed by atoms with Crippen molar-refractivity contribution in [1.82, 2.24) is 5.32 Å². The largest absolute Gasteiger partial charge is 0.394 e. The summed E-state index contributed by atoms with van der Waals surface area (Å²) >= 11 is 0. The molecule has 0 aromatic carbocycles. The number of aliphatic hydroxyl groups is 2. The van der Waals surface area contributed by atoms with Gasteiger partial charge in [-0.3, -0.25) is 4.79 Å². The van der Waals surface area contributed by atoms with E-state index >= 15 is 0 Å². The number of methoxy groups -OCH3 is 1. The number of hydrogen-bond donors (Lipinski definition) is 3. The van der Waals surface area contributed by atoms with Crippen molar-refractivity contribution in [2.45, 2.75) is 64.6 Å². The topological polar surface area (TPSA) is 88.0 Å². The van der Waals surface area contributed by atoms with Crippen LogP contribution >= 0.6 is 0 Å². The van der Waals surface area contributed by atoms with E-state index in [4.69, 9.17) is 14.6 Å². The van der Waals surface area contributed by atoms with Crippen molar-refractivity contribution in [1.29, 1.82) is 0 Å². The fraction of sp³-hybridized carbons (Fsp3) is 0.923. The van der Waals surface area contributed by atoms with Gasteiger partial charge in [0.25, 0.3) is 0 Å². The van der Waals surface area contributed by atoms with Gasteiger partial charge in [0, 0.05) is 14.0 Å². The molecule has 114 valence electrons. The van der Waals surface area contributed by atoms with Gasteiger partial charge in [0.2, 0.25) is 5.91 Å². The van der Waals surface area contributed by atoms with Crippen LogP contribution in [0.2, 0.25) is 0 Å². The first-order valence-electron chi connectivity index (χ1n) is 6.61. The van der Waals surface area contributed by atoms with E-state index in [-0.39, 0.29) is 18.1 Å². The van der Waals surface area contributed by atoms with E-state index < -0.39 is 24.9 Å². The lowest BCUT2D eigenvalue weighted by atomic mass is 9.98. The molecule has 0 aromatic rings. The first-order valence-corrected chi connectivity index (χ1v) is 6.61. The van der Waals surface area contributed by atoms with E-state index in [2.05, 4.69) is 5.32 Å². The maximum absolute atomic E-state index is 11.2. The fourth-order valence-electron chi connectivity index (χ4n) is 2.01. The van der Waals surface area contributed by atoms with Crippen LogP contribution in [0.1, 0.15) is 34.1 Å². The van der Waals surface area contributed by atoms with Crippen LogP contribution in [0.5, 0.6) is 0 Å². The highest BCUT2D eigenvalue weighted by atomic mass is 16.6. The van der Waals surface area contributed by atoms with Crippen LogP contribution in [0, 0.1) is 0 Å². The molecule has 0 saturated carbocycles. The molecule has 0 fully saturated rings. The number of nitrogens with one attached hydrogen (secondary N) is 1. The normalized spacial score (nSPS) is 17.9. The van der Waals surface area contributed by atoms with Crippen LogP contribution in [-0.4, -0.2) is 60.3 Å². The summed E-state index contributed by atoms with van der Waals surface area (Å²) in [6.45, 7) is 6.58. The predicted molar refractivity (Wildman–Crippen MR) is 71.8 cm³/mol. The van der Waals surface area contributed by atoms with E-state index in [1.165, 1.54) is 14.0 Å². The van der Waals surface area contributed by atoms with Crippen LogP contribution < -0.4 is 5.32 Å². The summed E-state index contributed by atoms with van der Waals surface area (Å²) < 4.78 is 11.0. The Morgan fingerprint density at radius 3 is 2.21 bits per heavy atom. The molecular formula is C13H27NO5. The Hall–Kier alpha value is -0.690. The first-order chi connectivity index (χ1) is 8.87. The van der Waals surface area contributed by atoms with Gasteiger partial charge in [-0.25, -0.2) is 0 Å². The highest BCUT2D eigenvalue weighted by Crippen LogP contribution is 2.16. The van der Waals surface area contributed by atoms with Gasteiger partial charge in [-0.1, -0.05) is 6.92 Å². The molecule has 0 aliphatic rings. The van der Waals surface area contributed by atoms with Crippen molar-refractivity contribution in [2.75, 3.05) is 13.7 Å². The van der Waals surface area contributed by atoms with Crippen LogP contribution in [0.4, 0.5) is 0 Å². The summed E-state index contributed by atoms with van der Waals surface area (Å²) in [5.74, 6) is -0.171. The zero-order valence-corrected chi connectivity index (χ0v) is 12.4. The molecule has 3 N–H and O–H groups in total. The Morgan fingerprint density at radius 1 is 1.32 bits per heavy atom. The Bertz CT molecular complexity index is 259. The quantitative estimate of drug-likeness (QED) is 0.555. The molecule has 0 saturated heterocycles. The number of aliphatic hydroxyl groups excluding tert-OH is 2. The molecule has 0 radical (unpaired) electrons. The fourth-order valence-corrected chi connectivity index (χ4v) is 2.01. The van der Waals surface area contributed by atoms with Crippen LogP contribution in [0.3, 0.4) is 0 Å². The second-order valence-electron chi connectivity index (χ2n) is 4.81. The molecule has 1 amide bonds. The zero-order valence-electron chi connectivity index (χ0n) is 12.4. The molecule has 6 nitrogen and oxygen atoms in total. The third kappa shape index (κ3) is 6.33. The molecule has 2 unspecified atom stereocenters. The smallest absolute Gasteiger partial charge is 0.217 e. The number of ether oxygens (including phenoxy) is 2. The van der Waals surface area contributed by atoms with Crippen molar-refractivity contribution in [3.05, 3.63) is 0 Å². The second-order valence-corrected chi connectivity index (χ2v) is 4.81. The molecule has 0 spiro atoms. The van der Waals surface area contributed by atoms with Crippen molar-refractivity contribution in [3.63, 3.8) is 0 Å². The summed E-state index contributed by atoms with van der Waals surface area (Å²) in [7, 11) is 1.50. The summed E-state index contributed by atoms with van der Waals surface area (Å²) in [6.07, 6.45) is -1.78. The standard InChI is InChI=1S/C13H27NO5/c1-6-10(14-9(4)16)12(18-5)13(11(17)7-15)19-8(2)3/h8,10-13,15,17H,6-7H2,1-5H3,(H,14,16)/t10-,11?,12?,13-/m1/s1. The molecular weight excluding hydrogens is 250 g/mol. The van der Waals surface area contributed by atoms with E-state index in [0.29, 0.717) is 6.42 Å². The lowest BCUT2D eigenvalue weighted by molar-refractivity contribution is -0.150. The summed E-state index contributed by atoms with van der Waals surface area (Å²) in [4.78, 5) is 11.2. The minimum Gasteiger partial charge on any atom is -0.394 e. The molecule has 0 bridgehead atoms. The molecule has 0 heterocycles. The SMILES string of the molecule is CC[C@@H](NC(C)=O)C(OC)[C@H](OC(C)C)C(O)CO. The van der Waals surface area contributed by atoms with Gasteiger partial charge in [0.15, 0.2) is 0 Å². The third-order valence-electron chi connectivity index (χ3n) is 2.82. The number of hydrogen-bond acceptors (Lipinski definition) is 5. The summed E-state index contributed by atoms with van der Waals surface area (Å²) in [5.41, 5.74) is 0. The zero-order chi connectivity index (χ0) is 15.0. The van der Waals surface area contributed by atoms with Crippen LogP contribution in [0.25, 0.3) is 0 Å². The van der Waals surface area contributed by atoms with Crippen LogP contribution in [0.15, 0.2) is 0 Å². The van der Waals surface area contributed by atoms with E-state index in [9.17, 15) is 9.90 Å². The van der Waals surface area contributed by atoms with Gasteiger partial charge in [-0.15, -0.1) is 0 Å². The van der Waals surface area contributed by atoms with Gasteiger partial charge in [0.05, 0.1) is 18.8 Å². The maximum Gasteiger partial charge on any atom is 0.217 e. The molecule has 6 heteroatoms. The van der Waals surface area contributed by atoms with Gasteiger partial charge >= 0.3 is 0 Å². The average molecular weight is 277 g/mol. The molecule has 4 atom stereocenters. The van der Waals surface area contributed by atoms with E-state index in [0.717, 1.165) is 0 Å². The Labute approximate surface area is 115 Å². The van der Waals surface area contributed by atoms with Gasteiger partial charge < -0.3 is 25.0 Å². The third-order valence-corrected chi connectivity index (χ3v) is 2.82. The monoisotopic (exact) mass is 277 g/mol. The van der Waals surface area contributed by atoms with Gasteiger partial charge in [-0.05, 0) is 20.3 Å². The van der Waals surface area contributed by atoms with E-state index in [1.54, 1.807) is 0 Å². The molecule has 0 aliphatic carbocycles. The summed E-state index contributed by atoms with van der Waals surface area (Å²) in [5, 5.41) is 21.8. The maximum atomic E-state index is 11.2. The summed E-state index contributed by atoms with van der Waals surface area (Å²) in [6, 6.07) is -0.285. The first kappa shape index (κ1) is 18.3. The lowest BCUT2D eigenvalue weighted by Gasteiger charge is -2.35. The Balaban J connectivity index is 5.01. The Kier molecular flexibility index (Phi) is 8.92. The minimum atomic E-state index is -1.06. The van der Waals surface area contributed by atoms with Gasteiger partial charge in [0.1, 0.15) is 18.3 Å². The van der Waals surface area contributed by atoms with Gasteiger partial charge in [-0.2, -0.15) is 0 Å². The highest BCUT2D eigenvalue weighted by Gasteiger charge is 2.35. The second kappa shape index (κ2) is 9.25. The van der Waals surface area contributed by atoms with Crippen LogP contribution in [-0.2, 0) is 14.3 Å². The number of amides is 1. The average Bonchev–Trinajstić information content (AvgIpc) is 2.35. The molecule has 0 rings (SSSR count). The Morgan fingerprint density at radius 2 is 1.89 bits per heavy atom. The number of carbonyl (C=O) groups excluding carboxylic acids is 1. The molecule has 19 heavy (non-hydrogen) atoms. The van der Waals surface area contributed by atoms with Crippen molar-refractivity contribution >= 4 is 5.91 Å². The minimum absolute atomic E-state index is 0.126. The lowest BCUT2D eigenvalue weighted by Crippen LogP contribution is -2.54. The highest BCUT2D eigenvalue weighted by molar-refractivity contribution is 5.73. The van der Waals surface area contributed by atoms with E-state index in [1.807, 2.05) is 20.8 Å². The molecule has 0 aliphatic heterocycles. The van der Waals surface area contributed by atoms with Crippen molar-refractivity contribution in [2.24, 2.45) is 0 Å². The van der Waals surface area contributed by atoms with Crippen molar-refractivity contribution < 1.29 is 24.5 Å².